The van der Waals surface area contributed by atoms with E-state index >= 15 is 0 Å². The van der Waals surface area contributed by atoms with Gasteiger partial charge in [0.25, 0.3) is 0 Å². The lowest BCUT2D eigenvalue weighted by molar-refractivity contribution is 0.142. The van der Waals surface area contributed by atoms with Crippen LogP contribution in [0.3, 0.4) is 0 Å². The van der Waals surface area contributed by atoms with Gasteiger partial charge in [-0.3, -0.25) is 0 Å². The second-order valence-corrected chi connectivity index (χ2v) is 3.16. The molecular weight excluding hydrogens is 208 g/mol. The van der Waals surface area contributed by atoms with Gasteiger partial charge in [-0.2, -0.15) is 0 Å². The highest BCUT2D eigenvalue weighted by atomic mass is 16.5. The van der Waals surface area contributed by atoms with Gasteiger partial charge in [-0.25, -0.2) is 0 Å². The van der Waals surface area contributed by atoms with E-state index in [0.29, 0.717) is 26.4 Å². The number of hydrogen-bond acceptors (Lipinski definition) is 4. The van der Waals surface area contributed by atoms with E-state index in [2.05, 4.69) is 0 Å². The van der Waals surface area contributed by atoms with Gasteiger partial charge >= 0.3 is 0 Å². The summed E-state index contributed by atoms with van der Waals surface area (Å²) in [5.41, 5.74) is 0. The minimum atomic E-state index is 0.540. The molecule has 90 valence electrons. The van der Waals surface area contributed by atoms with E-state index < -0.39 is 0 Å². The van der Waals surface area contributed by atoms with E-state index in [1.54, 1.807) is 14.2 Å². The lowest BCUT2D eigenvalue weighted by Gasteiger charge is -2.08. The molecule has 1 aromatic carbocycles. The molecule has 4 nitrogen and oxygen atoms in total. The second kappa shape index (κ2) is 7.96. The van der Waals surface area contributed by atoms with E-state index in [4.69, 9.17) is 18.9 Å². The molecule has 0 aromatic heterocycles. The molecule has 0 saturated carbocycles. The molecule has 0 N–H and O–H groups in total. The van der Waals surface area contributed by atoms with Gasteiger partial charge < -0.3 is 18.9 Å². The fourth-order valence-corrected chi connectivity index (χ4v) is 1.14. The molecule has 0 bridgehead atoms. The summed E-state index contributed by atoms with van der Waals surface area (Å²) in [4.78, 5) is 0. The Morgan fingerprint density at radius 1 is 0.812 bits per heavy atom. The van der Waals surface area contributed by atoms with Crippen LogP contribution in [0.15, 0.2) is 24.3 Å². The van der Waals surface area contributed by atoms with Crippen LogP contribution in [0.5, 0.6) is 11.5 Å². The zero-order valence-corrected chi connectivity index (χ0v) is 9.77. The number of rotatable bonds is 8. The van der Waals surface area contributed by atoms with Crippen LogP contribution in [-0.2, 0) is 9.47 Å². The van der Waals surface area contributed by atoms with Gasteiger partial charge in [0.1, 0.15) is 24.7 Å². The van der Waals surface area contributed by atoms with Crippen LogP contribution >= 0.6 is 0 Å². The standard InChI is InChI=1S/C12H18O4/c1-13-6-8-15-11-4-3-5-12(10-11)16-9-7-14-2/h3-5,10H,6-9H2,1-2H3. The van der Waals surface area contributed by atoms with Crippen LogP contribution in [0.25, 0.3) is 0 Å². The highest BCUT2D eigenvalue weighted by Crippen LogP contribution is 2.19. The predicted molar refractivity (Wildman–Crippen MR) is 61.2 cm³/mol. The zero-order valence-electron chi connectivity index (χ0n) is 9.77. The third-order valence-corrected chi connectivity index (χ3v) is 1.92. The topological polar surface area (TPSA) is 36.9 Å². The van der Waals surface area contributed by atoms with Crippen molar-refractivity contribution in [3.63, 3.8) is 0 Å². The molecule has 16 heavy (non-hydrogen) atoms. The minimum Gasteiger partial charge on any atom is -0.491 e. The Balaban J connectivity index is 2.37. The first-order valence-electron chi connectivity index (χ1n) is 5.20. The number of methoxy groups -OCH3 is 2. The predicted octanol–water partition coefficient (Wildman–Crippen LogP) is 1.74. The maximum absolute atomic E-state index is 5.46. The van der Waals surface area contributed by atoms with Crippen LogP contribution in [-0.4, -0.2) is 40.6 Å². The lowest BCUT2D eigenvalue weighted by Crippen LogP contribution is -2.06. The molecule has 0 aliphatic heterocycles. The first kappa shape index (κ1) is 12.8. The Kier molecular flexibility index (Phi) is 6.37. The Bertz CT molecular complexity index is 263. The first-order valence-corrected chi connectivity index (χ1v) is 5.20. The van der Waals surface area contributed by atoms with Gasteiger partial charge in [0.2, 0.25) is 0 Å². The molecule has 0 amide bonds. The van der Waals surface area contributed by atoms with Crippen molar-refractivity contribution < 1.29 is 18.9 Å². The van der Waals surface area contributed by atoms with E-state index in [-0.39, 0.29) is 0 Å². The molecule has 0 aliphatic carbocycles. The molecule has 0 spiro atoms. The Morgan fingerprint density at radius 2 is 1.31 bits per heavy atom. The molecule has 4 heteroatoms. The van der Waals surface area contributed by atoms with Crippen LogP contribution in [0.1, 0.15) is 0 Å². The van der Waals surface area contributed by atoms with E-state index in [9.17, 15) is 0 Å². The molecule has 0 radical (unpaired) electrons. The fraction of sp³-hybridized carbons (Fsp3) is 0.500. The smallest absolute Gasteiger partial charge is 0.123 e. The summed E-state index contributed by atoms with van der Waals surface area (Å²) in [5, 5.41) is 0. The SMILES string of the molecule is COCCOc1cccc(OCCOC)c1. The van der Waals surface area contributed by atoms with Crippen molar-refractivity contribution in [1.29, 1.82) is 0 Å². The molecule has 0 heterocycles. The van der Waals surface area contributed by atoms with E-state index in [1.807, 2.05) is 24.3 Å². The van der Waals surface area contributed by atoms with Crippen molar-refractivity contribution >= 4 is 0 Å². The van der Waals surface area contributed by atoms with Gasteiger partial charge in [0.05, 0.1) is 13.2 Å². The summed E-state index contributed by atoms with van der Waals surface area (Å²) in [5.74, 6) is 1.57. The Hall–Kier alpha value is -1.26. The van der Waals surface area contributed by atoms with Crippen LogP contribution < -0.4 is 9.47 Å². The zero-order chi connectivity index (χ0) is 11.6. The van der Waals surface area contributed by atoms with Gasteiger partial charge in [0, 0.05) is 20.3 Å². The van der Waals surface area contributed by atoms with Crippen LogP contribution in [0.2, 0.25) is 0 Å². The maximum Gasteiger partial charge on any atom is 0.123 e. The van der Waals surface area contributed by atoms with Crippen molar-refractivity contribution in [1.82, 2.24) is 0 Å². The fourth-order valence-electron chi connectivity index (χ4n) is 1.14. The highest BCUT2D eigenvalue weighted by Gasteiger charge is 1.97. The summed E-state index contributed by atoms with van der Waals surface area (Å²) in [6.45, 7) is 2.24. The maximum atomic E-state index is 5.46. The molecule has 0 aliphatic rings. The normalized spacial score (nSPS) is 10.1. The molecule has 0 atom stereocenters. The number of benzene rings is 1. The monoisotopic (exact) mass is 226 g/mol. The van der Waals surface area contributed by atoms with Crippen molar-refractivity contribution in [3.05, 3.63) is 24.3 Å². The summed E-state index contributed by atoms with van der Waals surface area (Å²) >= 11 is 0. The van der Waals surface area contributed by atoms with Crippen molar-refractivity contribution in [2.24, 2.45) is 0 Å². The van der Waals surface area contributed by atoms with Crippen molar-refractivity contribution in [2.75, 3.05) is 40.6 Å². The first-order chi connectivity index (χ1) is 7.86. The summed E-state index contributed by atoms with van der Waals surface area (Å²) in [6, 6.07) is 7.52. The van der Waals surface area contributed by atoms with Gasteiger partial charge in [-0.15, -0.1) is 0 Å². The number of hydrogen-bond donors (Lipinski definition) is 0. The molecule has 0 unspecified atom stereocenters. The Morgan fingerprint density at radius 3 is 1.75 bits per heavy atom. The van der Waals surface area contributed by atoms with Gasteiger partial charge in [0.15, 0.2) is 0 Å². The molecule has 0 saturated heterocycles. The van der Waals surface area contributed by atoms with E-state index in [1.165, 1.54) is 0 Å². The highest BCUT2D eigenvalue weighted by molar-refractivity contribution is 5.32. The molecule has 1 aromatic rings. The number of ether oxygens (including phenoxy) is 4. The Labute approximate surface area is 96.1 Å². The lowest BCUT2D eigenvalue weighted by atomic mass is 10.3. The summed E-state index contributed by atoms with van der Waals surface area (Å²) < 4.78 is 20.7. The van der Waals surface area contributed by atoms with Gasteiger partial charge in [-0.05, 0) is 12.1 Å². The molecule has 1 rings (SSSR count). The van der Waals surface area contributed by atoms with Crippen molar-refractivity contribution in [2.45, 2.75) is 0 Å². The molecule has 0 fully saturated rings. The largest absolute Gasteiger partial charge is 0.491 e. The third-order valence-electron chi connectivity index (χ3n) is 1.92. The average molecular weight is 226 g/mol. The molecular formula is C12H18O4. The van der Waals surface area contributed by atoms with Gasteiger partial charge in [-0.1, -0.05) is 6.07 Å². The average Bonchev–Trinajstić information content (AvgIpc) is 2.30. The summed E-state index contributed by atoms with van der Waals surface area (Å²) in [6.07, 6.45) is 0. The van der Waals surface area contributed by atoms with Crippen LogP contribution in [0, 0.1) is 0 Å². The van der Waals surface area contributed by atoms with Crippen molar-refractivity contribution in [3.8, 4) is 11.5 Å². The van der Waals surface area contributed by atoms with Crippen LogP contribution in [0.4, 0.5) is 0 Å². The second-order valence-electron chi connectivity index (χ2n) is 3.16. The third kappa shape index (κ3) is 5.00. The van der Waals surface area contributed by atoms with E-state index in [0.717, 1.165) is 11.5 Å². The minimum absolute atomic E-state index is 0.540. The summed E-state index contributed by atoms with van der Waals surface area (Å²) in [7, 11) is 3.29. The quantitative estimate of drug-likeness (QED) is 0.633.